The van der Waals surface area contributed by atoms with Crippen molar-refractivity contribution in [2.45, 2.75) is 6.42 Å². The van der Waals surface area contributed by atoms with E-state index in [2.05, 4.69) is 11.4 Å². The van der Waals surface area contributed by atoms with Gasteiger partial charge in [0.1, 0.15) is 0 Å². The summed E-state index contributed by atoms with van der Waals surface area (Å²) in [5, 5.41) is 11.6. The van der Waals surface area contributed by atoms with Gasteiger partial charge in [0.15, 0.2) is 0 Å². The van der Waals surface area contributed by atoms with Crippen LogP contribution in [-0.2, 0) is 4.79 Å². The van der Waals surface area contributed by atoms with Gasteiger partial charge in [-0.15, -0.1) is 0 Å². The summed E-state index contributed by atoms with van der Waals surface area (Å²) >= 11 is 0. The minimum absolute atomic E-state index is 0.0188. The number of anilines is 2. The molecule has 1 amide bonds. The summed E-state index contributed by atoms with van der Waals surface area (Å²) in [5.74, 6) is 0.0188. The lowest BCUT2D eigenvalue weighted by Gasteiger charge is -2.18. The Kier molecular flexibility index (Phi) is 2.30. The first-order valence-electron chi connectivity index (χ1n) is 4.76. The van der Waals surface area contributed by atoms with E-state index in [1.165, 1.54) is 0 Å². The second-order valence-corrected chi connectivity index (χ2v) is 3.56. The molecule has 2 rings (SSSR count). The van der Waals surface area contributed by atoms with Crippen molar-refractivity contribution in [2.75, 3.05) is 23.8 Å². The Morgan fingerprint density at radius 3 is 3.07 bits per heavy atom. The summed E-state index contributed by atoms with van der Waals surface area (Å²) in [5.41, 5.74) is 2.29. The maximum Gasteiger partial charge on any atom is 0.226 e. The quantitative estimate of drug-likeness (QED) is 0.689. The summed E-state index contributed by atoms with van der Waals surface area (Å²) < 4.78 is 0. The lowest BCUT2D eigenvalue weighted by molar-refractivity contribution is -0.115. The molecular weight excluding hydrogens is 190 g/mol. The van der Waals surface area contributed by atoms with Crippen LogP contribution in [0.15, 0.2) is 18.2 Å². The van der Waals surface area contributed by atoms with Crippen LogP contribution in [0.4, 0.5) is 11.4 Å². The number of nitrogens with zero attached hydrogens (tertiary/aromatic N) is 2. The van der Waals surface area contributed by atoms with E-state index in [0.717, 1.165) is 11.4 Å². The van der Waals surface area contributed by atoms with E-state index in [9.17, 15) is 4.79 Å². The molecule has 1 N–H and O–H groups in total. The predicted molar refractivity (Wildman–Crippen MR) is 57.7 cm³/mol. The van der Waals surface area contributed by atoms with Gasteiger partial charge in [0.05, 0.1) is 23.0 Å². The van der Waals surface area contributed by atoms with Crippen LogP contribution in [0.25, 0.3) is 0 Å². The fourth-order valence-electron chi connectivity index (χ4n) is 1.63. The van der Waals surface area contributed by atoms with Crippen LogP contribution in [-0.4, -0.2) is 19.5 Å². The maximum absolute atomic E-state index is 11.3. The Labute approximate surface area is 88.1 Å². The molecule has 1 aromatic rings. The summed E-state index contributed by atoms with van der Waals surface area (Å²) in [6.45, 7) is 0.674. The van der Waals surface area contributed by atoms with Gasteiger partial charge in [0.2, 0.25) is 5.91 Å². The molecule has 0 aliphatic carbocycles. The highest BCUT2D eigenvalue weighted by molar-refractivity contribution is 5.96. The average Bonchev–Trinajstić information content (AvgIpc) is 2.39. The van der Waals surface area contributed by atoms with E-state index in [-0.39, 0.29) is 5.91 Å². The number of hydrogen-bond acceptors (Lipinski definition) is 3. The van der Waals surface area contributed by atoms with Crippen molar-refractivity contribution in [1.29, 1.82) is 5.26 Å². The van der Waals surface area contributed by atoms with Gasteiger partial charge in [-0.05, 0) is 18.2 Å². The van der Waals surface area contributed by atoms with Crippen molar-refractivity contribution in [3.63, 3.8) is 0 Å². The van der Waals surface area contributed by atoms with Gasteiger partial charge in [-0.3, -0.25) is 4.79 Å². The summed E-state index contributed by atoms with van der Waals surface area (Å²) in [4.78, 5) is 13.3. The number of carbonyl (C=O) groups excluding carboxylic acids is 1. The SMILES string of the molecule is CN1CCC(=O)Nc2ccc(C#N)cc21. The Balaban J connectivity index is 2.49. The molecule has 0 spiro atoms. The molecule has 15 heavy (non-hydrogen) atoms. The van der Waals surface area contributed by atoms with Crippen molar-refractivity contribution < 1.29 is 4.79 Å². The second-order valence-electron chi connectivity index (χ2n) is 3.56. The van der Waals surface area contributed by atoms with Gasteiger partial charge in [0, 0.05) is 20.0 Å². The molecule has 1 aromatic carbocycles. The van der Waals surface area contributed by atoms with E-state index in [1.807, 2.05) is 11.9 Å². The molecule has 0 fully saturated rings. The number of fused-ring (bicyclic) bond motifs is 1. The van der Waals surface area contributed by atoms with E-state index in [0.29, 0.717) is 18.5 Å². The predicted octanol–water partition coefficient (Wildman–Crippen LogP) is 1.34. The Hall–Kier alpha value is -2.02. The number of hydrogen-bond donors (Lipinski definition) is 1. The van der Waals surface area contributed by atoms with Crippen LogP contribution in [0.3, 0.4) is 0 Å². The van der Waals surface area contributed by atoms with Gasteiger partial charge >= 0.3 is 0 Å². The zero-order valence-electron chi connectivity index (χ0n) is 8.45. The Bertz CT molecular complexity index is 448. The highest BCUT2D eigenvalue weighted by atomic mass is 16.1. The van der Waals surface area contributed by atoms with Crippen LogP contribution >= 0.6 is 0 Å². The monoisotopic (exact) mass is 201 g/mol. The van der Waals surface area contributed by atoms with Crippen LogP contribution in [0.2, 0.25) is 0 Å². The number of carbonyl (C=O) groups is 1. The molecular formula is C11H11N3O. The van der Waals surface area contributed by atoms with E-state index >= 15 is 0 Å². The first-order valence-corrected chi connectivity index (χ1v) is 4.76. The fourth-order valence-corrected chi connectivity index (χ4v) is 1.63. The van der Waals surface area contributed by atoms with Crippen LogP contribution in [0, 0.1) is 11.3 Å². The number of nitriles is 1. The molecule has 4 nitrogen and oxygen atoms in total. The minimum atomic E-state index is 0.0188. The lowest BCUT2D eigenvalue weighted by Crippen LogP contribution is -2.18. The molecule has 0 radical (unpaired) electrons. The molecule has 1 heterocycles. The van der Waals surface area contributed by atoms with E-state index < -0.39 is 0 Å². The molecule has 4 heteroatoms. The van der Waals surface area contributed by atoms with Crippen LogP contribution in [0.1, 0.15) is 12.0 Å². The number of rotatable bonds is 0. The van der Waals surface area contributed by atoms with Crippen molar-refractivity contribution in [3.8, 4) is 6.07 Å². The van der Waals surface area contributed by atoms with Gasteiger partial charge < -0.3 is 10.2 Å². The summed E-state index contributed by atoms with van der Waals surface area (Å²) in [6.07, 6.45) is 0.479. The molecule has 1 aliphatic rings. The van der Waals surface area contributed by atoms with Crippen molar-refractivity contribution in [1.82, 2.24) is 0 Å². The highest BCUT2D eigenvalue weighted by Gasteiger charge is 2.16. The molecule has 0 saturated heterocycles. The third-order valence-corrected chi connectivity index (χ3v) is 2.49. The average molecular weight is 201 g/mol. The number of nitrogens with one attached hydrogen (secondary N) is 1. The lowest BCUT2D eigenvalue weighted by atomic mass is 10.2. The zero-order chi connectivity index (χ0) is 10.8. The number of benzene rings is 1. The van der Waals surface area contributed by atoms with Crippen molar-refractivity contribution in [2.24, 2.45) is 0 Å². The first kappa shape index (κ1) is 9.53. The Morgan fingerprint density at radius 2 is 2.33 bits per heavy atom. The van der Waals surface area contributed by atoms with Gasteiger partial charge in [0.25, 0.3) is 0 Å². The molecule has 0 saturated carbocycles. The molecule has 0 bridgehead atoms. The minimum Gasteiger partial charge on any atom is -0.372 e. The maximum atomic E-state index is 11.3. The molecule has 0 aromatic heterocycles. The second kappa shape index (κ2) is 3.62. The number of amides is 1. The van der Waals surface area contributed by atoms with Crippen LogP contribution in [0.5, 0.6) is 0 Å². The van der Waals surface area contributed by atoms with Crippen molar-refractivity contribution >= 4 is 17.3 Å². The third-order valence-electron chi connectivity index (χ3n) is 2.49. The topological polar surface area (TPSA) is 56.1 Å². The normalized spacial score (nSPS) is 14.9. The zero-order valence-corrected chi connectivity index (χ0v) is 8.45. The fraction of sp³-hybridized carbons (Fsp3) is 0.273. The Morgan fingerprint density at radius 1 is 1.53 bits per heavy atom. The molecule has 1 aliphatic heterocycles. The largest absolute Gasteiger partial charge is 0.372 e. The summed E-state index contributed by atoms with van der Waals surface area (Å²) in [6, 6.07) is 7.36. The highest BCUT2D eigenvalue weighted by Crippen LogP contribution is 2.28. The smallest absolute Gasteiger partial charge is 0.226 e. The van der Waals surface area contributed by atoms with Gasteiger partial charge in [-0.25, -0.2) is 0 Å². The van der Waals surface area contributed by atoms with Crippen LogP contribution < -0.4 is 10.2 Å². The van der Waals surface area contributed by atoms with E-state index in [1.54, 1.807) is 18.2 Å². The molecule has 0 unspecified atom stereocenters. The standard InChI is InChI=1S/C11H11N3O/c1-14-5-4-11(15)13-9-3-2-8(7-12)6-10(9)14/h2-3,6H,4-5H2,1H3,(H,13,15). The first-order chi connectivity index (χ1) is 7.20. The molecule has 76 valence electrons. The summed E-state index contributed by atoms with van der Waals surface area (Å²) in [7, 11) is 1.92. The van der Waals surface area contributed by atoms with Gasteiger partial charge in [-0.1, -0.05) is 0 Å². The van der Waals surface area contributed by atoms with Gasteiger partial charge in [-0.2, -0.15) is 5.26 Å². The third kappa shape index (κ3) is 1.77. The van der Waals surface area contributed by atoms with Crippen molar-refractivity contribution in [3.05, 3.63) is 23.8 Å². The molecule has 0 atom stereocenters. The van der Waals surface area contributed by atoms with E-state index in [4.69, 9.17) is 5.26 Å².